The fraction of sp³-hybridized carbons (Fsp3) is 0.148. The Kier molecular flexibility index (Phi) is 7.47. The average molecular weight is 536 g/mol. The lowest BCUT2D eigenvalue weighted by atomic mass is 10.1. The molecule has 2 aromatic carbocycles. The summed E-state index contributed by atoms with van der Waals surface area (Å²) in [7, 11) is 1.58. The number of hydrogen-bond acceptors (Lipinski definition) is 6. The van der Waals surface area contributed by atoms with E-state index in [1.54, 1.807) is 44.3 Å². The van der Waals surface area contributed by atoms with Crippen molar-refractivity contribution in [3.63, 3.8) is 0 Å². The van der Waals surface area contributed by atoms with Crippen LogP contribution in [0.15, 0.2) is 77.0 Å². The summed E-state index contributed by atoms with van der Waals surface area (Å²) in [6.07, 6.45) is -0.837. The molecule has 0 spiro atoms. The van der Waals surface area contributed by atoms with Gasteiger partial charge in [0, 0.05) is 19.3 Å². The molecular formula is C27H24F3N7O2. The number of aryl methyl sites for hydroxylation is 1. The van der Waals surface area contributed by atoms with Gasteiger partial charge >= 0.3 is 6.18 Å². The van der Waals surface area contributed by atoms with Crippen molar-refractivity contribution in [1.82, 2.24) is 24.6 Å². The third-order valence-corrected chi connectivity index (χ3v) is 5.73. The minimum absolute atomic E-state index is 0.00156. The van der Waals surface area contributed by atoms with E-state index in [-0.39, 0.29) is 45.6 Å². The average Bonchev–Trinajstić information content (AvgIpc) is 3.18. The van der Waals surface area contributed by atoms with Crippen LogP contribution in [-0.2, 0) is 7.05 Å². The highest BCUT2D eigenvalue weighted by atomic mass is 19.4. The maximum absolute atomic E-state index is 13.8. The predicted octanol–water partition coefficient (Wildman–Crippen LogP) is 4.66. The number of rotatable bonds is 7. The van der Waals surface area contributed by atoms with Crippen molar-refractivity contribution in [2.24, 2.45) is 12.0 Å². The molecule has 39 heavy (non-hydrogen) atoms. The van der Waals surface area contributed by atoms with Crippen LogP contribution in [0.4, 0.5) is 24.8 Å². The zero-order valence-corrected chi connectivity index (χ0v) is 21.0. The van der Waals surface area contributed by atoms with Crippen molar-refractivity contribution in [1.29, 1.82) is 0 Å². The number of para-hydroxylation sites is 1. The topological polar surface area (TPSA) is 120 Å². The molecule has 0 aliphatic carbocycles. The number of amides is 1. The molecule has 200 valence electrons. The van der Waals surface area contributed by atoms with Crippen molar-refractivity contribution in [2.45, 2.75) is 19.1 Å². The fourth-order valence-electron chi connectivity index (χ4n) is 4.07. The Morgan fingerprint density at radius 1 is 1.18 bits per heavy atom. The zero-order chi connectivity index (χ0) is 28.3. The number of allylic oxidation sites excluding steroid dienone is 2. The molecule has 1 unspecified atom stereocenters. The van der Waals surface area contributed by atoms with Crippen LogP contribution in [0, 0.1) is 0 Å². The smallest absolute Gasteiger partial charge is 0.381 e. The first-order valence-electron chi connectivity index (χ1n) is 11.7. The summed E-state index contributed by atoms with van der Waals surface area (Å²) < 4.78 is 41.3. The summed E-state index contributed by atoms with van der Waals surface area (Å²) in [4.78, 5) is 35.9. The van der Waals surface area contributed by atoms with Crippen molar-refractivity contribution in [2.75, 3.05) is 5.73 Å². The van der Waals surface area contributed by atoms with Crippen LogP contribution in [0.3, 0.4) is 0 Å². The number of fused-ring (bicyclic) bond motifs is 1. The van der Waals surface area contributed by atoms with Crippen LogP contribution >= 0.6 is 0 Å². The van der Waals surface area contributed by atoms with Gasteiger partial charge in [-0.1, -0.05) is 43.0 Å². The SMILES string of the molecule is C=C/C=N\c1c(C(=O)NC(C)c2nc3cccc(/C=C/C(F)(F)F)c3c(=O)n2-c2ccccc2)c(N)nn1C. The van der Waals surface area contributed by atoms with E-state index < -0.39 is 23.7 Å². The Labute approximate surface area is 220 Å². The second kappa shape index (κ2) is 10.8. The Hall–Kier alpha value is -5.00. The molecule has 4 aromatic rings. The molecule has 0 aliphatic heterocycles. The van der Waals surface area contributed by atoms with Gasteiger partial charge in [0.05, 0.1) is 22.6 Å². The Morgan fingerprint density at radius 3 is 2.56 bits per heavy atom. The van der Waals surface area contributed by atoms with Gasteiger partial charge in [-0.05, 0) is 36.8 Å². The van der Waals surface area contributed by atoms with Gasteiger partial charge in [0.15, 0.2) is 11.6 Å². The van der Waals surface area contributed by atoms with E-state index in [2.05, 4.69) is 27.0 Å². The minimum atomic E-state index is -4.56. The lowest BCUT2D eigenvalue weighted by Gasteiger charge is -2.20. The predicted molar refractivity (Wildman–Crippen MR) is 144 cm³/mol. The van der Waals surface area contributed by atoms with E-state index in [1.807, 2.05) is 0 Å². The maximum atomic E-state index is 13.8. The van der Waals surface area contributed by atoms with Crippen LogP contribution in [0.25, 0.3) is 22.7 Å². The molecule has 0 saturated heterocycles. The zero-order valence-electron chi connectivity index (χ0n) is 21.0. The van der Waals surface area contributed by atoms with Crippen molar-refractivity contribution in [3.8, 4) is 5.69 Å². The van der Waals surface area contributed by atoms with Crippen LogP contribution in [0.5, 0.6) is 0 Å². The molecule has 4 rings (SSSR count). The quantitative estimate of drug-likeness (QED) is 0.334. The van der Waals surface area contributed by atoms with Crippen LogP contribution < -0.4 is 16.6 Å². The molecular weight excluding hydrogens is 511 g/mol. The lowest BCUT2D eigenvalue weighted by molar-refractivity contribution is -0.0790. The molecule has 0 saturated carbocycles. The lowest BCUT2D eigenvalue weighted by Crippen LogP contribution is -2.33. The molecule has 12 heteroatoms. The van der Waals surface area contributed by atoms with E-state index >= 15 is 0 Å². The van der Waals surface area contributed by atoms with Crippen molar-refractivity contribution >= 4 is 40.7 Å². The monoisotopic (exact) mass is 535 g/mol. The number of alkyl halides is 3. The van der Waals surface area contributed by atoms with E-state index in [9.17, 15) is 22.8 Å². The number of carbonyl (C=O) groups excluding carboxylic acids is 1. The summed E-state index contributed by atoms with van der Waals surface area (Å²) in [6.45, 7) is 5.19. The maximum Gasteiger partial charge on any atom is 0.409 e. The molecule has 0 bridgehead atoms. The largest absolute Gasteiger partial charge is 0.409 e. The number of anilines is 1. The third-order valence-electron chi connectivity index (χ3n) is 5.73. The summed E-state index contributed by atoms with van der Waals surface area (Å²) in [5, 5.41) is 6.85. The molecule has 2 aromatic heterocycles. The molecule has 1 atom stereocenters. The minimum Gasteiger partial charge on any atom is -0.381 e. The summed E-state index contributed by atoms with van der Waals surface area (Å²) in [5.74, 6) is -0.306. The number of halogens is 3. The van der Waals surface area contributed by atoms with Gasteiger partial charge in [-0.3, -0.25) is 14.2 Å². The Morgan fingerprint density at radius 2 is 1.90 bits per heavy atom. The fourth-order valence-corrected chi connectivity index (χ4v) is 4.07. The highest BCUT2D eigenvalue weighted by Crippen LogP contribution is 2.26. The number of nitrogens with one attached hydrogen (secondary N) is 1. The normalized spacial score (nSPS) is 12.8. The standard InChI is InChI=1S/C27H24F3N7O2/c1-4-15-32-24-21(22(31)35-36(24)3)25(38)33-16(2)23-34-19-12-8-9-17(13-14-27(28,29)30)20(19)26(39)37(23)18-10-6-5-7-11-18/h4-16H,1H2,2-3H3,(H2,31,35)(H,33,38)/b14-13+,32-15-. The summed E-state index contributed by atoms with van der Waals surface area (Å²) >= 11 is 0. The molecule has 0 aliphatic rings. The van der Waals surface area contributed by atoms with Gasteiger partial charge in [-0.25, -0.2) is 14.7 Å². The molecule has 3 N–H and O–H groups in total. The number of aromatic nitrogens is 4. The van der Waals surface area contributed by atoms with Crippen LogP contribution in [-0.4, -0.2) is 37.6 Å². The first kappa shape index (κ1) is 27.0. The van der Waals surface area contributed by atoms with Gasteiger partial charge in [-0.2, -0.15) is 18.3 Å². The van der Waals surface area contributed by atoms with E-state index in [0.717, 1.165) is 6.08 Å². The Balaban J connectivity index is 1.87. The van der Waals surface area contributed by atoms with E-state index in [0.29, 0.717) is 5.69 Å². The van der Waals surface area contributed by atoms with Gasteiger partial charge in [0.25, 0.3) is 11.5 Å². The first-order chi connectivity index (χ1) is 18.5. The first-order valence-corrected chi connectivity index (χ1v) is 11.7. The Bertz CT molecular complexity index is 1670. The van der Waals surface area contributed by atoms with Gasteiger partial charge in [0.1, 0.15) is 11.4 Å². The van der Waals surface area contributed by atoms with E-state index in [4.69, 9.17) is 5.73 Å². The molecule has 2 heterocycles. The summed E-state index contributed by atoms with van der Waals surface area (Å²) in [5.41, 5.74) is 6.05. The number of aliphatic imine (C=N–C) groups is 1. The molecule has 0 fully saturated rings. The number of nitrogens with two attached hydrogens (primary N) is 1. The number of hydrogen-bond donors (Lipinski definition) is 2. The van der Waals surface area contributed by atoms with Gasteiger partial charge in [-0.15, -0.1) is 0 Å². The second-order valence-corrected chi connectivity index (χ2v) is 8.48. The highest BCUT2D eigenvalue weighted by molar-refractivity contribution is 6.03. The molecule has 1 amide bonds. The number of carbonyl (C=O) groups is 1. The highest BCUT2D eigenvalue weighted by Gasteiger charge is 2.26. The van der Waals surface area contributed by atoms with Crippen LogP contribution in [0.1, 0.15) is 34.7 Å². The molecule has 0 radical (unpaired) electrons. The number of nitrogens with zero attached hydrogens (tertiary/aromatic N) is 5. The second-order valence-electron chi connectivity index (χ2n) is 8.48. The summed E-state index contributed by atoms with van der Waals surface area (Å²) in [6, 6.07) is 12.1. The van der Waals surface area contributed by atoms with E-state index in [1.165, 1.54) is 39.7 Å². The number of nitrogen functional groups attached to an aromatic ring is 1. The van der Waals surface area contributed by atoms with Crippen molar-refractivity contribution < 1.29 is 18.0 Å². The molecule has 9 nitrogen and oxygen atoms in total. The van der Waals surface area contributed by atoms with Gasteiger partial charge in [0.2, 0.25) is 0 Å². The van der Waals surface area contributed by atoms with Gasteiger partial charge < -0.3 is 11.1 Å². The van der Waals surface area contributed by atoms with Crippen molar-refractivity contribution in [3.05, 3.63) is 94.6 Å². The van der Waals surface area contributed by atoms with Crippen LogP contribution in [0.2, 0.25) is 0 Å². The number of benzene rings is 2. The third kappa shape index (κ3) is 5.64.